The van der Waals surface area contributed by atoms with Crippen molar-refractivity contribution in [2.24, 2.45) is 0 Å². The molecule has 0 aromatic heterocycles. The zero-order valence-corrected chi connectivity index (χ0v) is 10.9. The number of carbonyl (C=O) groups is 1. The number of carbonyl (C=O) groups excluding carboxylic acids is 1. The van der Waals surface area contributed by atoms with E-state index in [-0.39, 0.29) is 11.5 Å². The molecule has 2 aliphatic heterocycles. The average molecular weight is 283 g/mol. The largest absolute Gasteiger partial charge is 0.346 e. The number of amides is 1. The lowest BCUT2D eigenvalue weighted by Gasteiger charge is -2.38. The second-order valence-corrected chi connectivity index (χ2v) is 5.07. The lowest BCUT2D eigenvalue weighted by molar-refractivity contribution is -0.183. The number of ether oxygens (including phenoxy) is 2. The summed E-state index contributed by atoms with van der Waals surface area (Å²) >= 11 is 0. The SMILES string of the molecule is O=C(c1ccc(F)c(F)c1)N1CCCC2(C1)OCCO2. The van der Waals surface area contributed by atoms with Gasteiger partial charge in [0.2, 0.25) is 0 Å². The van der Waals surface area contributed by atoms with Gasteiger partial charge in [0.25, 0.3) is 5.91 Å². The third kappa shape index (κ3) is 2.41. The van der Waals surface area contributed by atoms with Crippen LogP contribution in [0.3, 0.4) is 0 Å². The van der Waals surface area contributed by atoms with Crippen LogP contribution in [0, 0.1) is 11.6 Å². The van der Waals surface area contributed by atoms with Crippen LogP contribution in [-0.4, -0.2) is 42.9 Å². The zero-order chi connectivity index (χ0) is 14.2. The molecule has 6 heteroatoms. The van der Waals surface area contributed by atoms with Gasteiger partial charge in [-0.3, -0.25) is 4.79 Å². The number of nitrogens with zero attached hydrogens (tertiary/aromatic N) is 1. The summed E-state index contributed by atoms with van der Waals surface area (Å²) in [5, 5.41) is 0. The van der Waals surface area contributed by atoms with Gasteiger partial charge in [-0.15, -0.1) is 0 Å². The molecule has 2 heterocycles. The molecule has 2 aliphatic rings. The molecule has 0 aliphatic carbocycles. The third-order valence-electron chi connectivity index (χ3n) is 3.68. The van der Waals surface area contributed by atoms with Gasteiger partial charge in [-0.25, -0.2) is 8.78 Å². The summed E-state index contributed by atoms with van der Waals surface area (Å²) in [6.07, 6.45) is 1.50. The van der Waals surface area contributed by atoms with Gasteiger partial charge in [0.05, 0.1) is 19.8 Å². The molecule has 0 bridgehead atoms. The predicted molar refractivity (Wildman–Crippen MR) is 66.1 cm³/mol. The molecule has 1 aromatic carbocycles. The Balaban J connectivity index is 1.77. The molecule has 1 spiro atoms. The van der Waals surface area contributed by atoms with Gasteiger partial charge in [-0.2, -0.15) is 0 Å². The Morgan fingerprint density at radius 3 is 2.65 bits per heavy atom. The standard InChI is InChI=1S/C14H15F2NO3/c15-11-3-2-10(8-12(11)16)13(18)17-5-1-4-14(9-17)19-6-7-20-14/h2-3,8H,1,4-7,9H2. The highest BCUT2D eigenvalue weighted by Gasteiger charge is 2.42. The minimum absolute atomic E-state index is 0.138. The number of rotatable bonds is 1. The van der Waals surface area contributed by atoms with Crippen molar-refractivity contribution < 1.29 is 23.0 Å². The van der Waals surface area contributed by atoms with Crippen LogP contribution in [0.4, 0.5) is 8.78 Å². The number of hydrogen-bond donors (Lipinski definition) is 0. The first-order chi connectivity index (χ1) is 9.60. The Kier molecular flexibility index (Phi) is 3.43. The molecular weight excluding hydrogens is 268 g/mol. The third-order valence-corrected chi connectivity index (χ3v) is 3.68. The van der Waals surface area contributed by atoms with Crippen molar-refractivity contribution in [1.29, 1.82) is 0 Å². The fourth-order valence-electron chi connectivity index (χ4n) is 2.71. The van der Waals surface area contributed by atoms with E-state index in [0.717, 1.165) is 25.0 Å². The average Bonchev–Trinajstić information content (AvgIpc) is 2.89. The lowest BCUT2D eigenvalue weighted by Crippen LogP contribution is -2.51. The van der Waals surface area contributed by atoms with Gasteiger partial charge in [0.1, 0.15) is 0 Å². The van der Waals surface area contributed by atoms with Crippen LogP contribution in [-0.2, 0) is 9.47 Å². The van der Waals surface area contributed by atoms with Gasteiger partial charge in [0, 0.05) is 18.5 Å². The number of piperidine rings is 1. The first kappa shape index (κ1) is 13.5. The monoisotopic (exact) mass is 283 g/mol. The number of halogens is 2. The van der Waals surface area contributed by atoms with Gasteiger partial charge < -0.3 is 14.4 Å². The Labute approximate surface area is 115 Å². The second-order valence-electron chi connectivity index (χ2n) is 5.07. The second kappa shape index (κ2) is 5.10. The van der Waals surface area contributed by atoms with Gasteiger partial charge >= 0.3 is 0 Å². The summed E-state index contributed by atoms with van der Waals surface area (Å²) in [5.41, 5.74) is 0.138. The molecule has 0 saturated carbocycles. The van der Waals surface area contributed by atoms with Gasteiger partial charge in [-0.1, -0.05) is 0 Å². The van der Waals surface area contributed by atoms with E-state index in [1.165, 1.54) is 6.07 Å². The summed E-state index contributed by atoms with van der Waals surface area (Å²) in [7, 11) is 0. The molecule has 1 aromatic rings. The molecule has 0 radical (unpaired) electrons. The van der Waals surface area contributed by atoms with Crippen molar-refractivity contribution >= 4 is 5.91 Å². The smallest absolute Gasteiger partial charge is 0.254 e. The van der Waals surface area contributed by atoms with Crippen LogP contribution in [0.2, 0.25) is 0 Å². The van der Waals surface area contributed by atoms with Gasteiger partial charge in [-0.05, 0) is 24.6 Å². The summed E-state index contributed by atoms with van der Waals surface area (Å²) < 4.78 is 37.3. The highest BCUT2D eigenvalue weighted by atomic mass is 19.2. The summed E-state index contributed by atoms with van der Waals surface area (Å²) in [4.78, 5) is 13.9. The molecule has 1 amide bonds. The molecule has 20 heavy (non-hydrogen) atoms. The van der Waals surface area contributed by atoms with E-state index in [1.54, 1.807) is 4.90 Å². The van der Waals surface area contributed by atoms with Crippen molar-refractivity contribution in [3.8, 4) is 0 Å². The normalized spacial score (nSPS) is 21.4. The molecule has 108 valence electrons. The topological polar surface area (TPSA) is 38.8 Å². The quantitative estimate of drug-likeness (QED) is 0.790. The van der Waals surface area contributed by atoms with Crippen molar-refractivity contribution in [3.05, 3.63) is 35.4 Å². The Hall–Kier alpha value is -1.53. The minimum atomic E-state index is -1.02. The maximum Gasteiger partial charge on any atom is 0.254 e. The Bertz CT molecular complexity index is 529. The van der Waals surface area contributed by atoms with Crippen LogP contribution >= 0.6 is 0 Å². The fraction of sp³-hybridized carbons (Fsp3) is 0.500. The van der Waals surface area contributed by atoms with Crippen LogP contribution in [0.15, 0.2) is 18.2 Å². The number of likely N-dealkylation sites (tertiary alicyclic amines) is 1. The minimum Gasteiger partial charge on any atom is -0.346 e. The maximum atomic E-state index is 13.2. The Morgan fingerprint density at radius 2 is 1.95 bits per heavy atom. The van der Waals surface area contributed by atoms with Crippen molar-refractivity contribution in [2.75, 3.05) is 26.3 Å². The number of benzene rings is 1. The van der Waals surface area contributed by atoms with Crippen LogP contribution in [0.25, 0.3) is 0 Å². The van der Waals surface area contributed by atoms with E-state index in [9.17, 15) is 13.6 Å². The first-order valence-corrected chi connectivity index (χ1v) is 6.62. The van der Waals surface area contributed by atoms with E-state index in [2.05, 4.69) is 0 Å². The highest BCUT2D eigenvalue weighted by Crippen LogP contribution is 2.30. The van der Waals surface area contributed by atoms with Crippen LogP contribution in [0.1, 0.15) is 23.2 Å². The van der Waals surface area contributed by atoms with Crippen LogP contribution in [0.5, 0.6) is 0 Å². The summed E-state index contributed by atoms with van der Waals surface area (Å²) in [5.74, 6) is -3.02. The summed E-state index contributed by atoms with van der Waals surface area (Å²) in [6.45, 7) is 1.93. The molecule has 0 N–H and O–H groups in total. The molecule has 0 unspecified atom stereocenters. The van der Waals surface area contributed by atoms with Crippen molar-refractivity contribution in [3.63, 3.8) is 0 Å². The van der Waals surface area contributed by atoms with E-state index in [4.69, 9.17) is 9.47 Å². The summed E-state index contributed by atoms with van der Waals surface area (Å²) in [6, 6.07) is 3.18. The lowest BCUT2D eigenvalue weighted by atomic mass is 10.0. The van der Waals surface area contributed by atoms with E-state index in [1.807, 2.05) is 0 Å². The Morgan fingerprint density at radius 1 is 1.20 bits per heavy atom. The van der Waals surface area contributed by atoms with Crippen LogP contribution < -0.4 is 0 Å². The number of hydrogen-bond acceptors (Lipinski definition) is 3. The van der Waals surface area contributed by atoms with Gasteiger partial charge in [0.15, 0.2) is 17.4 Å². The van der Waals surface area contributed by atoms with E-state index in [0.29, 0.717) is 26.3 Å². The fourth-order valence-corrected chi connectivity index (χ4v) is 2.71. The molecule has 0 atom stereocenters. The predicted octanol–water partition coefficient (Wildman–Crippen LogP) is 1.94. The zero-order valence-electron chi connectivity index (χ0n) is 10.9. The molecular formula is C14H15F2NO3. The molecule has 4 nitrogen and oxygen atoms in total. The maximum absolute atomic E-state index is 13.2. The van der Waals surface area contributed by atoms with E-state index < -0.39 is 17.4 Å². The first-order valence-electron chi connectivity index (χ1n) is 6.62. The van der Waals surface area contributed by atoms with E-state index >= 15 is 0 Å². The molecule has 2 fully saturated rings. The van der Waals surface area contributed by atoms with Crippen molar-refractivity contribution in [1.82, 2.24) is 4.90 Å². The molecule has 3 rings (SSSR count). The highest BCUT2D eigenvalue weighted by molar-refractivity contribution is 5.94. The molecule has 2 saturated heterocycles. The van der Waals surface area contributed by atoms with Crippen molar-refractivity contribution in [2.45, 2.75) is 18.6 Å².